The van der Waals surface area contributed by atoms with Gasteiger partial charge in [0.1, 0.15) is 6.04 Å². The molecule has 1 rings (SSSR count). The number of nitrogens with one attached hydrogen (secondary N) is 1. The number of carboxylic acids is 1. The van der Waals surface area contributed by atoms with Crippen LogP contribution in [0.15, 0.2) is 24.4 Å². The quantitative estimate of drug-likeness (QED) is 0.795. The van der Waals surface area contributed by atoms with Crippen LogP contribution in [-0.4, -0.2) is 52.1 Å². The molecule has 0 saturated heterocycles. The summed E-state index contributed by atoms with van der Waals surface area (Å²) in [6.07, 6.45) is 3.95. The molecule has 0 unspecified atom stereocenters. The van der Waals surface area contributed by atoms with Crippen LogP contribution in [0.1, 0.15) is 12.1 Å². The van der Waals surface area contributed by atoms with E-state index in [1.807, 2.05) is 18.4 Å². The van der Waals surface area contributed by atoms with Gasteiger partial charge in [0.15, 0.2) is 0 Å². The normalized spacial score (nSPS) is 11.7. The van der Waals surface area contributed by atoms with Gasteiger partial charge in [0.2, 0.25) is 0 Å². The fourth-order valence-electron chi connectivity index (χ4n) is 1.56. The van der Waals surface area contributed by atoms with E-state index in [0.29, 0.717) is 18.7 Å². The molecule has 7 heteroatoms. The molecule has 2 amide bonds. The molecule has 0 fully saturated rings. The average molecular weight is 297 g/mol. The van der Waals surface area contributed by atoms with Gasteiger partial charge in [-0.2, -0.15) is 11.8 Å². The van der Waals surface area contributed by atoms with Crippen LogP contribution in [0.5, 0.6) is 0 Å². The number of rotatable bonds is 7. The van der Waals surface area contributed by atoms with Crippen LogP contribution in [0.4, 0.5) is 4.79 Å². The number of carbonyl (C=O) groups is 2. The van der Waals surface area contributed by atoms with Crippen molar-refractivity contribution in [3.63, 3.8) is 0 Å². The predicted octanol–water partition coefficient (Wildman–Crippen LogP) is 1.43. The SMILES string of the molecule is CSCC[C@@H](NC(=O)N(C)Cc1ccccn1)C(=O)O. The lowest BCUT2D eigenvalue weighted by atomic mass is 10.2. The average Bonchev–Trinajstić information content (AvgIpc) is 2.43. The lowest BCUT2D eigenvalue weighted by Gasteiger charge is -2.21. The Labute approximate surface area is 122 Å². The number of carbonyl (C=O) groups excluding carboxylic acids is 1. The minimum absolute atomic E-state index is 0.335. The molecule has 0 aliphatic heterocycles. The first-order chi connectivity index (χ1) is 9.54. The molecule has 110 valence electrons. The number of carboxylic acid groups (broad SMARTS) is 1. The van der Waals surface area contributed by atoms with Crippen molar-refractivity contribution >= 4 is 23.8 Å². The molecule has 0 bridgehead atoms. The van der Waals surface area contributed by atoms with Crippen LogP contribution in [0.25, 0.3) is 0 Å². The summed E-state index contributed by atoms with van der Waals surface area (Å²) in [6, 6.07) is 4.18. The molecule has 0 radical (unpaired) electrons. The van der Waals surface area contributed by atoms with Gasteiger partial charge >= 0.3 is 12.0 Å². The first-order valence-corrected chi connectivity index (χ1v) is 7.57. The summed E-state index contributed by atoms with van der Waals surface area (Å²) in [5, 5.41) is 11.6. The molecule has 0 spiro atoms. The molecular weight excluding hydrogens is 278 g/mol. The standard InChI is InChI=1S/C13H19N3O3S/c1-16(9-10-5-3-4-7-14-10)13(19)15-11(12(17)18)6-8-20-2/h3-5,7,11H,6,8-9H2,1-2H3,(H,15,19)(H,17,18)/t11-/m1/s1. The summed E-state index contributed by atoms with van der Waals surface area (Å²) in [5.74, 6) is -0.333. The van der Waals surface area contributed by atoms with E-state index < -0.39 is 18.0 Å². The number of aromatic nitrogens is 1. The maximum absolute atomic E-state index is 11.9. The second-order valence-electron chi connectivity index (χ2n) is 4.30. The number of aliphatic carboxylic acids is 1. The summed E-state index contributed by atoms with van der Waals surface area (Å²) < 4.78 is 0. The van der Waals surface area contributed by atoms with E-state index in [4.69, 9.17) is 5.11 Å². The summed E-state index contributed by atoms with van der Waals surface area (Å²) in [6.45, 7) is 0.335. The second kappa shape index (κ2) is 8.42. The number of urea groups is 1. The van der Waals surface area contributed by atoms with Crippen molar-refractivity contribution in [2.45, 2.75) is 19.0 Å². The molecule has 1 aromatic heterocycles. The molecule has 1 atom stereocenters. The molecule has 0 saturated carbocycles. The van der Waals surface area contributed by atoms with E-state index in [-0.39, 0.29) is 0 Å². The van der Waals surface area contributed by atoms with Crippen molar-refractivity contribution in [3.05, 3.63) is 30.1 Å². The van der Waals surface area contributed by atoms with E-state index in [1.54, 1.807) is 31.1 Å². The van der Waals surface area contributed by atoms with Crippen LogP contribution in [0.2, 0.25) is 0 Å². The summed E-state index contributed by atoms with van der Waals surface area (Å²) in [4.78, 5) is 28.5. The van der Waals surface area contributed by atoms with Gasteiger partial charge in [0, 0.05) is 13.2 Å². The fraction of sp³-hybridized carbons (Fsp3) is 0.462. The number of pyridine rings is 1. The Hall–Kier alpha value is -1.76. The lowest BCUT2D eigenvalue weighted by Crippen LogP contribution is -2.46. The monoisotopic (exact) mass is 297 g/mol. The molecule has 0 aliphatic rings. The van der Waals surface area contributed by atoms with Crippen molar-refractivity contribution < 1.29 is 14.7 Å². The van der Waals surface area contributed by atoms with Gasteiger partial charge in [-0.15, -0.1) is 0 Å². The van der Waals surface area contributed by atoms with Gasteiger partial charge in [0.25, 0.3) is 0 Å². The van der Waals surface area contributed by atoms with Crippen LogP contribution in [-0.2, 0) is 11.3 Å². The third-order valence-corrected chi connectivity index (χ3v) is 3.32. The Morgan fingerprint density at radius 2 is 2.25 bits per heavy atom. The Balaban J connectivity index is 2.53. The smallest absolute Gasteiger partial charge is 0.326 e. The van der Waals surface area contributed by atoms with Crippen LogP contribution >= 0.6 is 11.8 Å². The van der Waals surface area contributed by atoms with Gasteiger partial charge in [-0.05, 0) is 30.6 Å². The van der Waals surface area contributed by atoms with E-state index in [1.165, 1.54) is 4.90 Å². The highest BCUT2D eigenvalue weighted by Gasteiger charge is 2.21. The van der Waals surface area contributed by atoms with Crippen molar-refractivity contribution in [1.29, 1.82) is 0 Å². The van der Waals surface area contributed by atoms with Gasteiger partial charge in [0.05, 0.1) is 12.2 Å². The zero-order valence-electron chi connectivity index (χ0n) is 11.6. The summed E-state index contributed by atoms with van der Waals surface area (Å²) in [5.41, 5.74) is 0.751. The van der Waals surface area contributed by atoms with Gasteiger partial charge in [-0.1, -0.05) is 6.07 Å². The Kier molecular flexibility index (Phi) is 6.86. The van der Waals surface area contributed by atoms with Crippen LogP contribution in [0.3, 0.4) is 0 Å². The number of thioether (sulfide) groups is 1. The third-order valence-electron chi connectivity index (χ3n) is 2.68. The first kappa shape index (κ1) is 16.3. The minimum atomic E-state index is -1.02. The van der Waals surface area contributed by atoms with E-state index >= 15 is 0 Å². The number of amides is 2. The third kappa shape index (κ3) is 5.48. The first-order valence-electron chi connectivity index (χ1n) is 6.18. The number of hydrogen-bond donors (Lipinski definition) is 2. The zero-order valence-corrected chi connectivity index (χ0v) is 12.4. The molecule has 2 N–H and O–H groups in total. The number of hydrogen-bond acceptors (Lipinski definition) is 4. The van der Waals surface area contributed by atoms with E-state index in [9.17, 15) is 9.59 Å². The highest BCUT2D eigenvalue weighted by Crippen LogP contribution is 2.03. The molecule has 20 heavy (non-hydrogen) atoms. The molecule has 1 aromatic rings. The maximum atomic E-state index is 11.9. The highest BCUT2D eigenvalue weighted by atomic mass is 32.2. The van der Waals surface area contributed by atoms with Gasteiger partial charge in [-0.25, -0.2) is 9.59 Å². The van der Waals surface area contributed by atoms with Crippen molar-refractivity contribution in [2.24, 2.45) is 0 Å². The highest BCUT2D eigenvalue weighted by molar-refractivity contribution is 7.98. The van der Waals surface area contributed by atoms with Crippen molar-refractivity contribution in [1.82, 2.24) is 15.2 Å². The zero-order chi connectivity index (χ0) is 15.0. The Bertz CT molecular complexity index is 442. The van der Waals surface area contributed by atoms with Crippen LogP contribution < -0.4 is 5.32 Å². The Morgan fingerprint density at radius 3 is 2.80 bits per heavy atom. The number of nitrogens with zero attached hydrogens (tertiary/aromatic N) is 2. The molecule has 1 heterocycles. The Morgan fingerprint density at radius 1 is 1.50 bits per heavy atom. The minimum Gasteiger partial charge on any atom is -0.480 e. The summed E-state index contributed by atoms with van der Waals surface area (Å²) in [7, 11) is 1.61. The molecular formula is C13H19N3O3S. The van der Waals surface area contributed by atoms with E-state index in [2.05, 4.69) is 10.3 Å². The second-order valence-corrected chi connectivity index (χ2v) is 5.28. The molecule has 6 nitrogen and oxygen atoms in total. The van der Waals surface area contributed by atoms with Gasteiger partial charge < -0.3 is 15.3 Å². The van der Waals surface area contributed by atoms with Crippen molar-refractivity contribution in [2.75, 3.05) is 19.1 Å². The lowest BCUT2D eigenvalue weighted by molar-refractivity contribution is -0.139. The topological polar surface area (TPSA) is 82.5 Å². The van der Waals surface area contributed by atoms with Crippen LogP contribution in [0, 0.1) is 0 Å². The predicted molar refractivity (Wildman–Crippen MR) is 78.7 cm³/mol. The maximum Gasteiger partial charge on any atom is 0.326 e. The fourth-order valence-corrected chi connectivity index (χ4v) is 2.03. The van der Waals surface area contributed by atoms with Gasteiger partial charge in [-0.3, -0.25) is 4.98 Å². The molecule has 0 aliphatic carbocycles. The molecule has 0 aromatic carbocycles. The summed E-state index contributed by atoms with van der Waals surface area (Å²) >= 11 is 1.55. The van der Waals surface area contributed by atoms with Crippen molar-refractivity contribution in [3.8, 4) is 0 Å². The van der Waals surface area contributed by atoms with E-state index in [0.717, 1.165) is 5.69 Å². The largest absolute Gasteiger partial charge is 0.480 e.